The summed E-state index contributed by atoms with van der Waals surface area (Å²) in [7, 11) is -4.52. The van der Waals surface area contributed by atoms with Crippen LogP contribution in [0.5, 0.6) is 5.75 Å². The van der Waals surface area contributed by atoms with Crippen molar-refractivity contribution in [3.63, 3.8) is 0 Å². The largest absolute Gasteiger partial charge is 0.486 e. The molecule has 1 heterocycles. The minimum absolute atomic E-state index is 0.00968. The molecule has 0 saturated carbocycles. The molecule has 204 valence electrons. The monoisotopic (exact) mass is 572 g/mol. The van der Waals surface area contributed by atoms with Crippen molar-refractivity contribution in [2.75, 3.05) is 17.1 Å². The van der Waals surface area contributed by atoms with Gasteiger partial charge in [0, 0.05) is 17.5 Å². The van der Waals surface area contributed by atoms with E-state index in [0.717, 1.165) is 40.7 Å². The van der Waals surface area contributed by atoms with E-state index >= 15 is 0 Å². The fourth-order valence-corrected chi connectivity index (χ4v) is 6.56. The third kappa shape index (κ3) is 5.92. The molecule has 38 heavy (non-hydrogen) atoms. The van der Waals surface area contributed by atoms with E-state index in [-0.39, 0.29) is 29.1 Å². The van der Waals surface area contributed by atoms with Crippen LogP contribution in [0.3, 0.4) is 0 Å². The molecule has 5 nitrogen and oxygen atoms in total. The molecule has 0 bridgehead atoms. The summed E-state index contributed by atoms with van der Waals surface area (Å²) in [5, 5.41) is 0. The first kappa shape index (κ1) is 28.2. The quantitative estimate of drug-likeness (QED) is 0.254. The average Bonchev–Trinajstić information content (AvgIpc) is 2.84. The highest BCUT2D eigenvalue weighted by molar-refractivity contribution is 7.96. The van der Waals surface area contributed by atoms with Gasteiger partial charge in [-0.15, -0.1) is 0 Å². The fourth-order valence-electron chi connectivity index (χ4n) is 4.38. The summed E-state index contributed by atoms with van der Waals surface area (Å²) >= 11 is 1.38. The van der Waals surface area contributed by atoms with Crippen molar-refractivity contribution < 1.29 is 35.1 Å². The Labute approximate surface area is 222 Å². The maximum absolute atomic E-state index is 14.5. The van der Waals surface area contributed by atoms with Crippen molar-refractivity contribution in [2.45, 2.75) is 43.0 Å². The lowest BCUT2D eigenvalue weighted by Crippen LogP contribution is -2.48. The van der Waals surface area contributed by atoms with Crippen LogP contribution in [0.15, 0.2) is 65.6 Å². The van der Waals surface area contributed by atoms with Gasteiger partial charge in [0.15, 0.2) is 0 Å². The topological polar surface area (TPSA) is 58.6 Å². The van der Waals surface area contributed by atoms with Crippen molar-refractivity contribution in [3.8, 4) is 16.9 Å². The Kier molecular flexibility index (Phi) is 7.70. The molecule has 0 radical (unpaired) electrons. The number of ether oxygens (including phenoxy) is 1. The van der Waals surface area contributed by atoms with Gasteiger partial charge in [0.1, 0.15) is 23.5 Å². The van der Waals surface area contributed by atoms with Gasteiger partial charge in [-0.1, -0.05) is 24.1 Å². The highest BCUT2D eigenvalue weighted by atomic mass is 32.2. The number of rotatable bonds is 7. The van der Waals surface area contributed by atoms with Crippen LogP contribution in [0.25, 0.3) is 11.1 Å². The van der Waals surface area contributed by atoms with Gasteiger partial charge in [-0.25, -0.2) is 17.2 Å². The summed E-state index contributed by atoms with van der Waals surface area (Å²) in [6.07, 6.45) is -3.19. The highest BCUT2D eigenvalue weighted by Gasteiger charge is 2.38. The molecule has 0 aliphatic carbocycles. The van der Waals surface area contributed by atoms with Crippen LogP contribution in [0, 0.1) is 11.6 Å². The van der Waals surface area contributed by atoms with Crippen LogP contribution >= 0.6 is 11.9 Å². The lowest BCUT2D eigenvalue weighted by molar-refractivity contribution is -0.137. The molecule has 3 aromatic carbocycles. The summed E-state index contributed by atoms with van der Waals surface area (Å²) in [5.74, 6) is -1.26. The van der Waals surface area contributed by atoms with Gasteiger partial charge in [0.2, 0.25) is 0 Å². The highest BCUT2D eigenvalue weighted by Crippen LogP contribution is 2.42. The molecule has 0 amide bonds. The van der Waals surface area contributed by atoms with Gasteiger partial charge >= 0.3 is 6.18 Å². The average molecular weight is 573 g/mol. The first-order valence-corrected chi connectivity index (χ1v) is 14.1. The fraction of sp³-hybridized carbons (Fsp3) is 0.308. The number of benzene rings is 3. The first-order valence-electron chi connectivity index (χ1n) is 11.5. The molecule has 1 aliphatic rings. The Morgan fingerprint density at radius 2 is 1.79 bits per heavy atom. The molecule has 0 fully saturated rings. The van der Waals surface area contributed by atoms with Gasteiger partial charge in [-0.2, -0.15) is 13.2 Å². The van der Waals surface area contributed by atoms with E-state index in [9.17, 15) is 30.4 Å². The summed E-state index contributed by atoms with van der Waals surface area (Å²) in [4.78, 5) is -0.553. The molecule has 12 heteroatoms. The Bertz CT molecular complexity index is 1450. The molecule has 0 spiro atoms. The van der Waals surface area contributed by atoms with Crippen LogP contribution in [0.1, 0.15) is 25.8 Å². The number of nitrogens with one attached hydrogen (secondary N) is 1. The van der Waals surface area contributed by atoms with E-state index in [1.807, 2.05) is 20.1 Å². The lowest BCUT2D eigenvalue weighted by atomic mass is 9.97. The summed E-state index contributed by atoms with van der Waals surface area (Å²) in [6, 6.07) is 10.6. The van der Waals surface area contributed by atoms with Crippen molar-refractivity contribution in [3.05, 3.63) is 77.9 Å². The van der Waals surface area contributed by atoms with E-state index in [1.165, 1.54) is 30.1 Å². The Hall–Kier alpha value is -2.83. The van der Waals surface area contributed by atoms with Crippen molar-refractivity contribution in [2.24, 2.45) is 0 Å². The van der Waals surface area contributed by atoms with Crippen LogP contribution in [0.2, 0.25) is 0 Å². The second-order valence-corrected chi connectivity index (χ2v) is 12.0. The van der Waals surface area contributed by atoms with Gasteiger partial charge in [0.25, 0.3) is 10.0 Å². The van der Waals surface area contributed by atoms with E-state index in [0.29, 0.717) is 12.5 Å². The zero-order valence-corrected chi connectivity index (χ0v) is 22.3. The first-order chi connectivity index (χ1) is 17.7. The maximum atomic E-state index is 14.5. The predicted octanol–water partition coefficient (Wildman–Crippen LogP) is 6.64. The zero-order valence-electron chi connectivity index (χ0n) is 20.6. The minimum Gasteiger partial charge on any atom is -0.486 e. The molecule has 3 aromatic rings. The minimum atomic E-state index is -4.74. The van der Waals surface area contributed by atoms with Gasteiger partial charge in [0.05, 0.1) is 22.7 Å². The van der Waals surface area contributed by atoms with Crippen molar-refractivity contribution in [1.29, 1.82) is 0 Å². The van der Waals surface area contributed by atoms with Crippen LogP contribution in [0.4, 0.5) is 27.6 Å². The lowest BCUT2D eigenvalue weighted by Gasteiger charge is -2.39. The van der Waals surface area contributed by atoms with Crippen LogP contribution in [-0.4, -0.2) is 32.9 Å². The SMILES string of the molecule is CSNC(C)(C)CC1CN(S(=O)(=O)c2cccc(C(F)(F)F)c2)c2cc(-c3cc(F)ccc3F)ccc2O1. The standard InChI is InChI=1S/C26H25F5N2O3S2/c1-25(2,32-37-3)14-19-15-33(38(34,35)20-6-4-5-17(12-20)26(29,30)31)23-11-16(7-10-24(23)36-19)21-13-18(27)8-9-22(21)28/h4-13,19,32H,14-15H2,1-3H3. The normalized spacial score (nSPS) is 16.2. The predicted molar refractivity (Wildman–Crippen MR) is 138 cm³/mol. The molecule has 1 atom stereocenters. The Morgan fingerprint density at radius 3 is 2.47 bits per heavy atom. The number of hydrogen-bond donors (Lipinski definition) is 1. The number of anilines is 1. The number of alkyl halides is 3. The van der Waals surface area contributed by atoms with Crippen LogP contribution in [-0.2, 0) is 16.2 Å². The molecule has 1 unspecified atom stereocenters. The smallest absolute Gasteiger partial charge is 0.416 e. The number of nitrogens with zero attached hydrogens (tertiary/aromatic N) is 1. The molecule has 1 aliphatic heterocycles. The van der Waals surface area contributed by atoms with Crippen molar-refractivity contribution >= 4 is 27.7 Å². The number of sulfonamides is 1. The second kappa shape index (κ2) is 10.4. The summed E-state index contributed by atoms with van der Waals surface area (Å²) < 4.78 is 106. The van der Waals surface area contributed by atoms with E-state index in [2.05, 4.69) is 4.72 Å². The molecular formula is C26H25F5N2O3S2. The summed E-state index contributed by atoms with van der Waals surface area (Å²) in [5.41, 5.74) is -1.49. The maximum Gasteiger partial charge on any atom is 0.416 e. The van der Waals surface area contributed by atoms with E-state index in [1.54, 1.807) is 0 Å². The number of fused-ring (bicyclic) bond motifs is 1. The van der Waals surface area contributed by atoms with Gasteiger partial charge < -0.3 is 4.74 Å². The third-order valence-corrected chi connectivity index (χ3v) is 8.53. The van der Waals surface area contributed by atoms with Gasteiger partial charge in [-0.3, -0.25) is 9.03 Å². The zero-order chi connectivity index (χ0) is 27.9. The molecule has 4 rings (SSSR count). The van der Waals surface area contributed by atoms with Gasteiger partial charge in [-0.05, 0) is 74.2 Å². The number of halogens is 5. The van der Waals surface area contributed by atoms with E-state index in [4.69, 9.17) is 4.74 Å². The molecule has 0 saturated heterocycles. The van der Waals surface area contributed by atoms with Crippen LogP contribution < -0.4 is 13.8 Å². The Morgan fingerprint density at radius 1 is 1.05 bits per heavy atom. The second-order valence-electron chi connectivity index (χ2n) is 9.50. The third-order valence-electron chi connectivity index (χ3n) is 6.00. The number of hydrogen-bond acceptors (Lipinski definition) is 5. The van der Waals surface area contributed by atoms with E-state index < -0.39 is 49.9 Å². The summed E-state index contributed by atoms with van der Waals surface area (Å²) in [6.45, 7) is 3.61. The van der Waals surface area contributed by atoms with Crippen molar-refractivity contribution in [1.82, 2.24) is 4.72 Å². The Balaban J connectivity index is 1.84. The molecular weight excluding hydrogens is 547 g/mol. The molecule has 0 aromatic heterocycles. The molecule has 1 N–H and O–H groups in total.